The normalized spacial score (nSPS) is 11.1. The molecular formula is C12H12N4O. The van der Waals surface area contributed by atoms with E-state index in [0.717, 1.165) is 27.9 Å². The van der Waals surface area contributed by atoms with Crippen molar-refractivity contribution in [1.29, 1.82) is 0 Å². The van der Waals surface area contributed by atoms with Gasteiger partial charge in [0, 0.05) is 22.7 Å². The summed E-state index contributed by atoms with van der Waals surface area (Å²) in [7, 11) is 0. The number of nitrogens with one attached hydrogen (secondary N) is 2. The minimum absolute atomic E-state index is 0.240. The van der Waals surface area contributed by atoms with Gasteiger partial charge in [0.25, 0.3) is 0 Å². The van der Waals surface area contributed by atoms with Gasteiger partial charge in [0.15, 0.2) is 0 Å². The number of para-hydroxylation sites is 1. The molecule has 3 rings (SSSR count). The molecule has 86 valence electrons. The number of rotatable bonds is 1. The number of fused-ring (bicyclic) bond motifs is 1. The number of phenols is 1. The molecule has 0 saturated carbocycles. The van der Waals surface area contributed by atoms with E-state index >= 15 is 0 Å². The van der Waals surface area contributed by atoms with Crippen LogP contribution in [0.3, 0.4) is 0 Å². The topological polar surface area (TPSA) is 90.7 Å². The van der Waals surface area contributed by atoms with Crippen LogP contribution in [0.4, 0.5) is 5.82 Å². The predicted octanol–water partition coefficient (Wildman–Crippen LogP) is 2.15. The van der Waals surface area contributed by atoms with Crippen LogP contribution in [0.1, 0.15) is 5.69 Å². The first-order valence-electron chi connectivity index (χ1n) is 5.28. The zero-order valence-electron chi connectivity index (χ0n) is 9.28. The molecule has 0 fully saturated rings. The average Bonchev–Trinajstić information content (AvgIpc) is 2.82. The molecule has 0 amide bonds. The number of phenolic OH excluding ortho intramolecular Hbond substituents is 1. The number of aromatic hydroxyl groups is 1. The molecule has 0 saturated heterocycles. The number of benzene rings is 1. The SMILES string of the molecule is Cc1[nH]c2c(O)cccc2c1-c1cc(N)n[nH]1. The summed E-state index contributed by atoms with van der Waals surface area (Å²) in [4.78, 5) is 3.16. The third kappa shape index (κ3) is 1.36. The quantitative estimate of drug-likeness (QED) is 0.514. The van der Waals surface area contributed by atoms with Gasteiger partial charge in [0.1, 0.15) is 11.6 Å². The molecule has 0 unspecified atom stereocenters. The van der Waals surface area contributed by atoms with Crippen LogP contribution < -0.4 is 5.73 Å². The first-order valence-corrected chi connectivity index (χ1v) is 5.28. The van der Waals surface area contributed by atoms with Crippen molar-refractivity contribution in [2.24, 2.45) is 0 Å². The third-order valence-electron chi connectivity index (χ3n) is 2.87. The van der Waals surface area contributed by atoms with E-state index in [0.29, 0.717) is 5.82 Å². The van der Waals surface area contributed by atoms with Crippen LogP contribution in [0, 0.1) is 6.92 Å². The van der Waals surface area contributed by atoms with E-state index < -0.39 is 0 Å². The summed E-state index contributed by atoms with van der Waals surface area (Å²) < 4.78 is 0. The molecule has 2 heterocycles. The van der Waals surface area contributed by atoms with Crippen molar-refractivity contribution in [2.45, 2.75) is 6.92 Å². The predicted molar refractivity (Wildman–Crippen MR) is 66.7 cm³/mol. The fraction of sp³-hybridized carbons (Fsp3) is 0.0833. The maximum absolute atomic E-state index is 9.78. The van der Waals surface area contributed by atoms with Crippen LogP contribution in [0.25, 0.3) is 22.2 Å². The molecule has 5 heteroatoms. The summed E-state index contributed by atoms with van der Waals surface area (Å²) in [5, 5.41) is 17.5. The number of nitrogens with zero attached hydrogens (tertiary/aromatic N) is 1. The second kappa shape index (κ2) is 3.28. The lowest BCUT2D eigenvalue weighted by Crippen LogP contribution is -1.81. The molecule has 0 aliphatic rings. The molecule has 0 aliphatic heterocycles. The molecule has 0 bridgehead atoms. The lowest BCUT2D eigenvalue weighted by molar-refractivity contribution is 0.480. The highest BCUT2D eigenvalue weighted by molar-refractivity contribution is 5.99. The van der Waals surface area contributed by atoms with Gasteiger partial charge in [-0.05, 0) is 13.0 Å². The highest BCUT2D eigenvalue weighted by Gasteiger charge is 2.14. The molecule has 5 N–H and O–H groups in total. The molecule has 5 nitrogen and oxygen atoms in total. The first-order chi connectivity index (χ1) is 8.16. The first kappa shape index (κ1) is 9.77. The largest absolute Gasteiger partial charge is 0.506 e. The van der Waals surface area contributed by atoms with Gasteiger partial charge in [-0.15, -0.1) is 0 Å². The lowest BCUT2D eigenvalue weighted by atomic mass is 10.1. The zero-order chi connectivity index (χ0) is 12.0. The Morgan fingerprint density at radius 1 is 1.35 bits per heavy atom. The Bertz CT molecular complexity index is 696. The number of anilines is 1. The van der Waals surface area contributed by atoms with Crippen molar-refractivity contribution >= 4 is 16.7 Å². The van der Waals surface area contributed by atoms with E-state index in [1.807, 2.05) is 19.1 Å². The fourth-order valence-electron chi connectivity index (χ4n) is 2.14. The average molecular weight is 228 g/mol. The van der Waals surface area contributed by atoms with Gasteiger partial charge in [0.05, 0.1) is 11.2 Å². The number of H-pyrrole nitrogens is 2. The molecule has 0 radical (unpaired) electrons. The Morgan fingerprint density at radius 2 is 2.18 bits per heavy atom. The van der Waals surface area contributed by atoms with Gasteiger partial charge in [-0.1, -0.05) is 12.1 Å². The summed E-state index contributed by atoms with van der Waals surface area (Å²) in [6, 6.07) is 7.20. The maximum Gasteiger partial charge on any atom is 0.145 e. The van der Waals surface area contributed by atoms with Gasteiger partial charge in [-0.3, -0.25) is 5.10 Å². The van der Waals surface area contributed by atoms with Crippen molar-refractivity contribution in [3.8, 4) is 17.0 Å². The molecule has 0 aliphatic carbocycles. The number of hydrogen-bond donors (Lipinski definition) is 4. The summed E-state index contributed by atoms with van der Waals surface area (Å²) in [5.41, 5.74) is 9.13. The summed E-state index contributed by atoms with van der Waals surface area (Å²) in [6.07, 6.45) is 0. The Kier molecular flexibility index (Phi) is 1.89. The van der Waals surface area contributed by atoms with Crippen LogP contribution in [-0.4, -0.2) is 20.3 Å². The smallest absolute Gasteiger partial charge is 0.145 e. The van der Waals surface area contributed by atoms with Gasteiger partial charge in [-0.2, -0.15) is 5.10 Å². The monoisotopic (exact) mass is 228 g/mol. The highest BCUT2D eigenvalue weighted by atomic mass is 16.3. The van der Waals surface area contributed by atoms with Crippen molar-refractivity contribution in [1.82, 2.24) is 15.2 Å². The second-order valence-electron chi connectivity index (χ2n) is 4.03. The van der Waals surface area contributed by atoms with Crippen molar-refractivity contribution < 1.29 is 5.11 Å². The number of aromatic nitrogens is 3. The van der Waals surface area contributed by atoms with Crippen molar-refractivity contribution in [3.63, 3.8) is 0 Å². The molecule has 1 aromatic carbocycles. The number of aryl methyl sites for hydroxylation is 1. The Morgan fingerprint density at radius 3 is 2.88 bits per heavy atom. The molecule has 2 aromatic heterocycles. The minimum atomic E-state index is 0.240. The lowest BCUT2D eigenvalue weighted by Gasteiger charge is -1.97. The molecule has 0 spiro atoms. The van der Waals surface area contributed by atoms with Gasteiger partial charge < -0.3 is 15.8 Å². The van der Waals surface area contributed by atoms with Crippen molar-refractivity contribution in [3.05, 3.63) is 30.0 Å². The molecule has 17 heavy (non-hydrogen) atoms. The Balaban J connectivity index is 2.36. The number of aromatic amines is 2. The van der Waals surface area contributed by atoms with E-state index in [1.165, 1.54) is 0 Å². The van der Waals surface area contributed by atoms with E-state index in [9.17, 15) is 5.11 Å². The fourth-order valence-corrected chi connectivity index (χ4v) is 2.14. The Hall–Kier alpha value is -2.43. The Labute approximate surface area is 97.3 Å². The second-order valence-corrected chi connectivity index (χ2v) is 4.03. The van der Waals surface area contributed by atoms with Gasteiger partial charge >= 0.3 is 0 Å². The number of nitrogen functional groups attached to an aromatic ring is 1. The van der Waals surface area contributed by atoms with Crippen LogP contribution >= 0.6 is 0 Å². The van der Waals surface area contributed by atoms with Crippen LogP contribution in [-0.2, 0) is 0 Å². The van der Waals surface area contributed by atoms with Crippen LogP contribution in [0.15, 0.2) is 24.3 Å². The highest BCUT2D eigenvalue weighted by Crippen LogP contribution is 2.35. The molecule has 0 atom stereocenters. The molecular weight excluding hydrogens is 216 g/mol. The number of hydrogen-bond acceptors (Lipinski definition) is 3. The van der Waals surface area contributed by atoms with E-state index in [4.69, 9.17) is 5.73 Å². The third-order valence-corrected chi connectivity index (χ3v) is 2.87. The maximum atomic E-state index is 9.78. The minimum Gasteiger partial charge on any atom is -0.506 e. The standard InChI is InChI=1S/C12H12N4O/c1-6-11(8-5-10(13)16-15-8)7-3-2-4-9(17)12(7)14-6/h2-5,14,17H,1H3,(H3,13,15,16). The summed E-state index contributed by atoms with van der Waals surface area (Å²) in [5.74, 6) is 0.693. The zero-order valence-corrected chi connectivity index (χ0v) is 9.28. The van der Waals surface area contributed by atoms with Crippen LogP contribution in [0.5, 0.6) is 5.75 Å². The van der Waals surface area contributed by atoms with E-state index in [-0.39, 0.29) is 5.75 Å². The number of nitrogens with two attached hydrogens (primary N) is 1. The van der Waals surface area contributed by atoms with Gasteiger partial charge in [-0.25, -0.2) is 0 Å². The van der Waals surface area contributed by atoms with Gasteiger partial charge in [0.2, 0.25) is 0 Å². The summed E-state index contributed by atoms with van der Waals surface area (Å²) in [6.45, 7) is 1.95. The molecule has 3 aromatic rings. The van der Waals surface area contributed by atoms with E-state index in [1.54, 1.807) is 12.1 Å². The van der Waals surface area contributed by atoms with Crippen LogP contribution in [0.2, 0.25) is 0 Å². The summed E-state index contributed by atoms with van der Waals surface area (Å²) >= 11 is 0. The van der Waals surface area contributed by atoms with Crippen molar-refractivity contribution in [2.75, 3.05) is 5.73 Å². The van der Waals surface area contributed by atoms with E-state index in [2.05, 4.69) is 15.2 Å².